The fraction of sp³-hybridized carbons (Fsp3) is 0.529. The van der Waals surface area contributed by atoms with E-state index in [0.29, 0.717) is 23.6 Å². The predicted octanol–water partition coefficient (Wildman–Crippen LogP) is 1.48. The first-order chi connectivity index (χ1) is 12.1. The number of anilines is 1. The molecule has 2 heterocycles. The fourth-order valence-corrected chi connectivity index (χ4v) is 4.07. The van der Waals surface area contributed by atoms with Gasteiger partial charge in [-0.1, -0.05) is 26.8 Å². The lowest BCUT2D eigenvalue weighted by atomic mass is 9.94. The number of carbonyl (C=O) groups excluding carboxylic acids is 1. The van der Waals surface area contributed by atoms with E-state index in [1.807, 2.05) is 25.7 Å². The highest BCUT2D eigenvalue weighted by Gasteiger charge is 2.35. The molecule has 9 heteroatoms. The summed E-state index contributed by atoms with van der Waals surface area (Å²) in [4.78, 5) is 14.5. The molecule has 0 spiro atoms. The van der Waals surface area contributed by atoms with E-state index in [2.05, 4.69) is 9.12 Å². The Balaban J connectivity index is 1.78. The number of nitrogens with one attached hydrogen (secondary N) is 1. The SMILES string of the molecule is CC(C)(C)C(=O)N1CCC[C@H]1COc1cccc2c1C(N)=NS(=O)(=O)N2. The van der Waals surface area contributed by atoms with Gasteiger partial charge >= 0.3 is 10.2 Å². The average Bonchev–Trinajstić information content (AvgIpc) is 2.97. The molecule has 0 unspecified atom stereocenters. The molecule has 1 amide bonds. The van der Waals surface area contributed by atoms with Crippen LogP contribution < -0.4 is 15.2 Å². The number of benzene rings is 1. The zero-order valence-electron chi connectivity index (χ0n) is 15.2. The van der Waals surface area contributed by atoms with Crippen molar-refractivity contribution in [2.45, 2.75) is 39.7 Å². The normalized spacial score (nSPS) is 21.6. The van der Waals surface area contributed by atoms with Crippen molar-refractivity contribution in [1.82, 2.24) is 4.90 Å². The van der Waals surface area contributed by atoms with Crippen LogP contribution >= 0.6 is 0 Å². The first-order valence-electron chi connectivity index (χ1n) is 8.54. The van der Waals surface area contributed by atoms with Crippen molar-refractivity contribution < 1.29 is 17.9 Å². The molecule has 2 aliphatic rings. The second-order valence-electron chi connectivity index (χ2n) is 7.59. The first-order valence-corrected chi connectivity index (χ1v) is 9.98. The van der Waals surface area contributed by atoms with E-state index in [0.717, 1.165) is 19.4 Å². The molecule has 1 aromatic rings. The van der Waals surface area contributed by atoms with E-state index < -0.39 is 15.6 Å². The van der Waals surface area contributed by atoms with Gasteiger partial charge in [-0.3, -0.25) is 9.52 Å². The Hall–Kier alpha value is -2.29. The summed E-state index contributed by atoms with van der Waals surface area (Å²) in [7, 11) is -3.82. The highest BCUT2D eigenvalue weighted by Crippen LogP contribution is 2.31. The zero-order chi connectivity index (χ0) is 19.1. The Morgan fingerprint density at radius 2 is 2.15 bits per heavy atom. The molecule has 1 atom stereocenters. The summed E-state index contributed by atoms with van der Waals surface area (Å²) in [5.74, 6) is 0.442. The highest BCUT2D eigenvalue weighted by atomic mass is 32.2. The largest absolute Gasteiger partial charge is 0.491 e. The summed E-state index contributed by atoms with van der Waals surface area (Å²) >= 11 is 0. The average molecular weight is 380 g/mol. The van der Waals surface area contributed by atoms with Crippen LogP contribution in [0.2, 0.25) is 0 Å². The van der Waals surface area contributed by atoms with Gasteiger partial charge in [-0.05, 0) is 25.0 Å². The molecule has 142 valence electrons. The Bertz CT molecular complexity index is 858. The Morgan fingerprint density at radius 1 is 1.42 bits per heavy atom. The molecule has 0 bridgehead atoms. The number of amides is 1. The van der Waals surface area contributed by atoms with E-state index in [9.17, 15) is 13.2 Å². The lowest BCUT2D eigenvalue weighted by Gasteiger charge is -2.31. The van der Waals surface area contributed by atoms with Crippen LogP contribution in [-0.4, -0.2) is 44.3 Å². The third-order valence-electron chi connectivity index (χ3n) is 4.45. The van der Waals surface area contributed by atoms with Crippen LogP contribution in [0.15, 0.2) is 22.6 Å². The van der Waals surface area contributed by atoms with Gasteiger partial charge in [-0.25, -0.2) is 0 Å². The first kappa shape index (κ1) is 18.5. The van der Waals surface area contributed by atoms with E-state index in [1.54, 1.807) is 18.2 Å². The summed E-state index contributed by atoms with van der Waals surface area (Å²) in [6, 6.07) is 4.98. The monoisotopic (exact) mass is 380 g/mol. The second-order valence-corrected chi connectivity index (χ2v) is 8.92. The zero-order valence-corrected chi connectivity index (χ0v) is 16.0. The van der Waals surface area contributed by atoms with Gasteiger partial charge in [-0.15, -0.1) is 4.40 Å². The summed E-state index contributed by atoms with van der Waals surface area (Å²) < 4.78 is 35.1. The third-order valence-corrected chi connectivity index (χ3v) is 5.37. The van der Waals surface area contributed by atoms with Crippen LogP contribution in [0.3, 0.4) is 0 Å². The quantitative estimate of drug-likeness (QED) is 0.824. The van der Waals surface area contributed by atoms with Crippen molar-refractivity contribution in [3.8, 4) is 5.75 Å². The predicted molar refractivity (Wildman–Crippen MR) is 99.4 cm³/mol. The molecule has 3 rings (SSSR count). The summed E-state index contributed by atoms with van der Waals surface area (Å²) in [5.41, 5.74) is 6.15. The Kier molecular flexibility index (Phi) is 4.60. The summed E-state index contributed by atoms with van der Waals surface area (Å²) in [6.07, 6.45) is 1.80. The molecule has 3 N–H and O–H groups in total. The van der Waals surface area contributed by atoms with Gasteiger partial charge < -0.3 is 15.4 Å². The molecule has 2 aliphatic heterocycles. The molecule has 0 aromatic heterocycles. The molecule has 1 saturated heterocycles. The van der Waals surface area contributed by atoms with E-state index in [-0.39, 0.29) is 17.8 Å². The maximum atomic E-state index is 12.6. The third kappa shape index (κ3) is 3.62. The van der Waals surface area contributed by atoms with Gasteiger partial charge in [0.2, 0.25) is 5.91 Å². The number of nitrogens with zero attached hydrogens (tertiary/aromatic N) is 2. The van der Waals surface area contributed by atoms with Gasteiger partial charge in [0.05, 0.1) is 17.3 Å². The minimum absolute atomic E-state index is 0.0176. The number of hydrogen-bond acceptors (Lipinski definition) is 5. The van der Waals surface area contributed by atoms with E-state index >= 15 is 0 Å². The number of carbonyl (C=O) groups is 1. The molecule has 0 saturated carbocycles. The van der Waals surface area contributed by atoms with Gasteiger partial charge in [0.25, 0.3) is 0 Å². The van der Waals surface area contributed by atoms with E-state index in [1.165, 1.54) is 0 Å². The minimum atomic E-state index is -3.82. The number of amidine groups is 1. The van der Waals surface area contributed by atoms with Gasteiger partial charge in [0, 0.05) is 12.0 Å². The van der Waals surface area contributed by atoms with Crippen LogP contribution in [0.5, 0.6) is 5.75 Å². The number of rotatable bonds is 3. The molecule has 0 radical (unpaired) electrons. The number of ether oxygens (including phenoxy) is 1. The maximum Gasteiger partial charge on any atom is 0.344 e. The number of likely N-dealkylation sites (tertiary alicyclic amines) is 1. The Labute approximate surface area is 153 Å². The van der Waals surface area contributed by atoms with Gasteiger partial charge in [0.15, 0.2) is 5.84 Å². The highest BCUT2D eigenvalue weighted by molar-refractivity contribution is 7.91. The smallest absolute Gasteiger partial charge is 0.344 e. The Morgan fingerprint density at radius 3 is 2.85 bits per heavy atom. The van der Waals surface area contributed by atoms with Crippen molar-refractivity contribution in [3.63, 3.8) is 0 Å². The molecule has 8 nitrogen and oxygen atoms in total. The van der Waals surface area contributed by atoms with Crippen molar-refractivity contribution in [1.29, 1.82) is 0 Å². The van der Waals surface area contributed by atoms with Crippen LogP contribution in [-0.2, 0) is 15.0 Å². The van der Waals surface area contributed by atoms with E-state index in [4.69, 9.17) is 10.5 Å². The fourth-order valence-electron chi connectivity index (χ4n) is 3.23. The molecule has 0 aliphatic carbocycles. The van der Waals surface area contributed by atoms with Crippen LogP contribution in [0.4, 0.5) is 5.69 Å². The van der Waals surface area contributed by atoms with Crippen molar-refractivity contribution >= 4 is 27.6 Å². The number of fused-ring (bicyclic) bond motifs is 1. The van der Waals surface area contributed by atoms with Crippen molar-refractivity contribution in [2.75, 3.05) is 17.9 Å². The summed E-state index contributed by atoms with van der Waals surface area (Å²) in [5, 5.41) is 0. The number of hydrogen-bond donors (Lipinski definition) is 2. The van der Waals surface area contributed by atoms with Crippen LogP contribution in [0.25, 0.3) is 0 Å². The topological polar surface area (TPSA) is 114 Å². The van der Waals surface area contributed by atoms with Gasteiger partial charge in [0.1, 0.15) is 12.4 Å². The molecular formula is C17H24N4O4S. The molecule has 1 fully saturated rings. The second kappa shape index (κ2) is 6.46. The van der Waals surface area contributed by atoms with Crippen LogP contribution in [0, 0.1) is 5.41 Å². The lowest BCUT2D eigenvalue weighted by Crippen LogP contribution is -2.44. The molecular weight excluding hydrogens is 356 g/mol. The van der Waals surface area contributed by atoms with Crippen LogP contribution in [0.1, 0.15) is 39.2 Å². The maximum absolute atomic E-state index is 12.6. The molecule has 1 aromatic carbocycles. The minimum Gasteiger partial charge on any atom is -0.491 e. The van der Waals surface area contributed by atoms with Crippen molar-refractivity contribution in [2.24, 2.45) is 15.5 Å². The van der Waals surface area contributed by atoms with Gasteiger partial charge in [-0.2, -0.15) is 8.42 Å². The summed E-state index contributed by atoms with van der Waals surface area (Å²) in [6.45, 7) is 6.76. The lowest BCUT2D eigenvalue weighted by molar-refractivity contribution is -0.140. The number of nitrogens with two attached hydrogens (primary N) is 1. The molecule has 26 heavy (non-hydrogen) atoms. The standard InChI is InChI=1S/C17H24N4O4S/c1-17(2,3)16(22)21-9-5-6-11(21)10-25-13-8-4-7-12-14(13)15(18)20-26(23,24)19-12/h4,7-8,11,19H,5-6,9-10H2,1-3H3,(H2,18,20)/t11-/m0/s1. The van der Waals surface area contributed by atoms with Crippen molar-refractivity contribution in [3.05, 3.63) is 23.8 Å².